The standard InChI is InChI=1S/C29H39FN6O5/c1-6-40-28(39)35-10-9-29(14-35)15-36(16-29)27-17(2)25(24(18(3)31)19(4)37)33-26(34-27)22-11-21(7-8-23(22)30)41-13-20(38)12-32-5/h7-8,11,20,31-32,37-38H,6,9-10,12-16H2,1-5H3/b24-19+,31-18?/t20-/m1/s1. The molecule has 12 heteroatoms. The molecule has 1 amide bonds. The van der Waals surface area contributed by atoms with Crippen molar-refractivity contribution in [3.8, 4) is 17.1 Å². The number of nitrogens with zero attached hydrogens (tertiary/aromatic N) is 4. The summed E-state index contributed by atoms with van der Waals surface area (Å²) in [6, 6.07) is 4.22. The van der Waals surface area contributed by atoms with E-state index in [1.807, 2.05) is 6.92 Å². The fraction of sp³-hybridized carbons (Fsp3) is 0.517. The van der Waals surface area contributed by atoms with Gasteiger partial charge in [-0.05, 0) is 59.4 Å². The third kappa shape index (κ3) is 6.43. The predicted octanol–water partition coefficient (Wildman–Crippen LogP) is 3.55. The van der Waals surface area contributed by atoms with E-state index in [9.17, 15) is 15.0 Å². The summed E-state index contributed by atoms with van der Waals surface area (Å²) in [5.41, 5.74) is 1.35. The molecule has 222 valence electrons. The van der Waals surface area contributed by atoms with E-state index in [0.717, 1.165) is 6.42 Å². The van der Waals surface area contributed by atoms with E-state index in [4.69, 9.17) is 19.9 Å². The largest absolute Gasteiger partial charge is 0.512 e. The van der Waals surface area contributed by atoms with Crippen LogP contribution in [0.25, 0.3) is 17.0 Å². The number of allylic oxidation sites excluding steroid dienone is 2. The van der Waals surface area contributed by atoms with Gasteiger partial charge in [0.1, 0.15) is 35.9 Å². The van der Waals surface area contributed by atoms with E-state index in [0.29, 0.717) is 62.2 Å². The molecular formula is C29H39FN6O5. The van der Waals surface area contributed by atoms with Gasteiger partial charge in [0.15, 0.2) is 5.82 Å². The van der Waals surface area contributed by atoms with Crippen molar-refractivity contribution < 1.29 is 28.9 Å². The highest BCUT2D eigenvalue weighted by Crippen LogP contribution is 2.43. The molecule has 2 aromatic rings. The van der Waals surface area contributed by atoms with E-state index in [2.05, 4.69) is 15.2 Å². The first-order valence-corrected chi connectivity index (χ1v) is 13.7. The van der Waals surface area contributed by atoms with Gasteiger partial charge in [0.25, 0.3) is 0 Å². The number of benzene rings is 1. The number of aromatic nitrogens is 2. The molecule has 2 aliphatic heterocycles. The number of aliphatic hydroxyl groups excluding tert-OH is 2. The molecule has 41 heavy (non-hydrogen) atoms. The van der Waals surface area contributed by atoms with Crippen LogP contribution in [-0.2, 0) is 4.74 Å². The Bertz CT molecular complexity index is 1340. The maximum Gasteiger partial charge on any atom is 0.409 e. The van der Waals surface area contributed by atoms with Crippen LogP contribution in [-0.4, -0.2) is 96.0 Å². The third-order valence-corrected chi connectivity index (χ3v) is 7.47. The van der Waals surface area contributed by atoms with Gasteiger partial charge in [0.05, 0.1) is 23.4 Å². The van der Waals surface area contributed by atoms with Crippen LogP contribution in [0.4, 0.5) is 15.0 Å². The van der Waals surface area contributed by atoms with Gasteiger partial charge in [-0.2, -0.15) is 0 Å². The van der Waals surface area contributed by atoms with Crippen molar-refractivity contribution in [2.45, 2.75) is 40.2 Å². The number of carbonyl (C=O) groups excluding carboxylic acids is 1. The number of halogens is 1. The van der Waals surface area contributed by atoms with Crippen molar-refractivity contribution >= 4 is 23.2 Å². The monoisotopic (exact) mass is 570 g/mol. The molecule has 2 saturated heterocycles. The normalized spacial score (nSPS) is 17.2. The van der Waals surface area contributed by atoms with E-state index in [1.54, 1.807) is 25.8 Å². The SMILES string of the molecule is CCOC(=O)N1CCC2(C1)CN(c1nc(-c3cc(OC[C@H](O)CNC)ccc3F)nc(/C(C(C)=N)=C(\C)O)c1C)C2. The molecule has 0 bridgehead atoms. The number of hydrogen-bond acceptors (Lipinski definition) is 10. The van der Waals surface area contributed by atoms with Gasteiger partial charge in [-0.1, -0.05) is 0 Å². The number of rotatable bonds is 10. The van der Waals surface area contributed by atoms with Crippen LogP contribution in [0.2, 0.25) is 0 Å². The average molecular weight is 571 g/mol. The summed E-state index contributed by atoms with van der Waals surface area (Å²) in [6.45, 7) is 9.81. The topological polar surface area (TPSA) is 144 Å². The summed E-state index contributed by atoms with van der Waals surface area (Å²) >= 11 is 0. The van der Waals surface area contributed by atoms with Crippen LogP contribution < -0.4 is 15.0 Å². The van der Waals surface area contributed by atoms with Gasteiger partial charge in [-0.3, -0.25) is 0 Å². The zero-order valence-corrected chi connectivity index (χ0v) is 24.3. The highest BCUT2D eigenvalue weighted by atomic mass is 19.1. The lowest BCUT2D eigenvalue weighted by Crippen LogP contribution is -2.58. The first-order valence-electron chi connectivity index (χ1n) is 13.7. The maximum absolute atomic E-state index is 15.2. The van der Waals surface area contributed by atoms with Gasteiger partial charge in [0, 0.05) is 49.4 Å². The molecule has 3 heterocycles. The highest BCUT2D eigenvalue weighted by Gasteiger charge is 2.50. The van der Waals surface area contributed by atoms with Gasteiger partial charge in [-0.15, -0.1) is 0 Å². The second kappa shape index (κ2) is 12.4. The molecule has 0 unspecified atom stereocenters. The lowest BCUT2D eigenvalue weighted by Gasteiger charge is -2.49. The summed E-state index contributed by atoms with van der Waals surface area (Å²) in [5, 5.41) is 31.6. The summed E-state index contributed by atoms with van der Waals surface area (Å²) in [4.78, 5) is 25.5. The Morgan fingerprint density at radius 2 is 2.00 bits per heavy atom. The lowest BCUT2D eigenvalue weighted by atomic mass is 9.79. The quantitative estimate of drug-likeness (QED) is 0.249. The Hall–Kier alpha value is -3.77. The first-order chi connectivity index (χ1) is 19.5. The number of anilines is 1. The van der Waals surface area contributed by atoms with E-state index in [-0.39, 0.29) is 46.5 Å². The third-order valence-electron chi connectivity index (χ3n) is 7.47. The van der Waals surface area contributed by atoms with Crippen molar-refractivity contribution in [1.29, 1.82) is 5.41 Å². The first kappa shape index (κ1) is 30.2. The van der Waals surface area contributed by atoms with E-state index >= 15 is 4.39 Å². The Morgan fingerprint density at radius 3 is 2.63 bits per heavy atom. The molecule has 1 aromatic carbocycles. The Labute approximate surface area is 239 Å². The van der Waals surface area contributed by atoms with Crippen LogP contribution in [0.1, 0.15) is 38.4 Å². The fourth-order valence-electron chi connectivity index (χ4n) is 5.53. The Morgan fingerprint density at radius 1 is 1.27 bits per heavy atom. The zero-order valence-electron chi connectivity index (χ0n) is 24.3. The number of nitrogens with one attached hydrogen (secondary N) is 2. The molecule has 0 radical (unpaired) electrons. The number of carbonyl (C=O) groups is 1. The lowest BCUT2D eigenvalue weighted by molar-refractivity contribution is 0.107. The summed E-state index contributed by atoms with van der Waals surface area (Å²) < 4.78 is 26.1. The molecule has 1 spiro atoms. The molecule has 4 N–H and O–H groups in total. The Balaban J connectivity index is 1.70. The van der Waals surface area contributed by atoms with Crippen molar-refractivity contribution in [2.24, 2.45) is 5.41 Å². The van der Waals surface area contributed by atoms with Gasteiger partial charge >= 0.3 is 6.09 Å². The van der Waals surface area contributed by atoms with E-state index in [1.165, 1.54) is 25.1 Å². The average Bonchev–Trinajstić information content (AvgIpc) is 3.35. The minimum absolute atomic E-state index is 0.0133. The van der Waals surface area contributed by atoms with Crippen molar-refractivity contribution in [1.82, 2.24) is 20.2 Å². The highest BCUT2D eigenvalue weighted by molar-refractivity contribution is 6.21. The Kier molecular flexibility index (Phi) is 9.13. The molecular weight excluding hydrogens is 531 g/mol. The molecule has 1 atom stereocenters. The summed E-state index contributed by atoms with van der Waals surface area (Å²) in [6.07, 6.45) is -0.219. The van der Waals surface area contributed by atoms with Crippen molar-refractivity contribution in [3.63, 3.8) is 0 Å². The number of likely N-dealkylation sites (N-methyl/N-ethyl adjacent to an activating group) is 1. The molecule has 4 rings (SSSR count). The molecule has 0 saturated carbocycles. The maximum atomic E-state index is 15.2. The number of ether oxygens (including phenoxy) is 2. The fourth-order valence-corrected chi connectivity index (χ4v) is 5.53. The number of likely N-dealkylation sites (tertiary alicyclic amines) is 1. The van der Waals surface area contributed by atoms with Gasteiger partial charge in [0.2, 0.25) is 0 Å². The van der Waals surface area contributed by atoms with Crippen LogP contribution >= 0.6 is 0 Å². The van der Waals surface area contributed by atoms with Gasteiger partial charge < -0.3 is 40.2 Å². The number of amides is 1. The molecule has 11 nitrogen and oxygen atoms in total. The predicted molar refractivity (Wildman–Crippen MR) is 154 cm³/mol. The van der Waals surface area contributed by atoms with Crippen LogP contribution in [0.5, 0.6) is 5.75 Å². The minimum atomic E-state index is -0.743. The summed E-state index contributed by atoms with van der Waals surface area (Å²) in [5.74, 6) is 0.357. The molecule has 1 aromatic heterocycles. The molecule has 2 aliphatic rings. The number of hydrogen-bond donors (Lipinski definition) is 4. The van der Waals surface area contributed by atoms with Crippen LogP contribution in [0.3, 0.4) is 0 Å². The molecule has 0 aliphatic carbocycles. The second-order valence-electron chi connectivity index (χ2n) is 10.8. The minimum Gasteiger partial charge on any atom is -0.512 e. The smallest absolute Gasteiger partial charge is 0.409 e. The second-order valence-corrected chi connectivity index (χ2v) is 10.8. The van der Waals surface area contributed by atoms with Crippen LogP contribution in [0.15, 0.2) is 24.0 Å². The number of aliphatic hydroxyl groups is 2. The molecule has 2 fully saturated rings. The zero-order chi connectivity index (χ0) is 29.9. The van der Waals surface area contributed by atoms with Crippen molar-refractivity contribution in [2.75, 3.05) is 57.9 Å². The van der Waals surface area contributed by atoms with Gasteiger partial charge in [-0.25, -0.2) is 19.2 Å². The summed E-state index contributed by atoms with van der Waals surface area (Å²) in [7, 11) is 1.72. The van der Waals surface area contributed by atoms with Crippen LogP contribution in [0, 0.1) is 23.6 Å². The van der Waals surface area contributed by atoms with E-state index < -0.39 is 11.9 Å². The van der Waals surface area contributed by atoms with Crippen molar-refractivity contribution in [3.05, 3.63) is 41.0 Å².